The molecule has 0 N–H and O–H groups in total. The Morgan fingerprint density at radius 2 is 2.06 bits per heavy atom. The van der Waals surface area contributed by atoms with Crippen molar-refractivity contribution in [3.63, 3.8) is 0 Å². The van der Waals surface area contributed by atoms with Gasteiger partial charge in [-0.05, 0) is 29.1 Å². The Kier molecular flexibility index (Phi) is 6.11. The maximum absolute atomic E-state index is 12.1. The van der Waals surface area contributed by atoms with Crippen LogP contribution in [0.15, 0.2) is 28.6 Å². The molecule has 1 aromatic carbocycles. The van der Waals surface area contributed by atoms with E-state index in [0.29, 0.717) is 0 Å². The fourth-order valence-electron chi connectivity index (χ4n) is 0.913. The molecule has 0 aliphatic carbocycles. The van der Waals surface area contributed by atoms with Crippen LogP contribution in [0.4, 0.5) is 19.0 Å². The molecule has 0 saturated carbocycles. The first-order valence-corrected chi connectivity index (χ1v) is 5.39. The summed E-state index contributed by atoms with van der Waals surface area (Å²) >= 11 is 0. The fraction of sp³-hybridized carbons (Fsp3) is 0.250. The summed E-state index contributed by atoms with van der Waals surface area (Å²) in [5.74, 6) is -3.50. The zero-order valence-electron chi connectivity index (χ0n) is 8.69. The van der Waals surface area contributed by atoms with Crippen molar-refractivity contribution < 1.29 is 40.8 Å². The number of alkyl halides is 2. The van der Waals surface area contributed by atoms with Gasteiger partial charge in [-0.25, -0.2) is 4.21 Å². The monoisotopic (exact) mass is 246 g/mol. The van der Waals surface area contributed by atoms with Crippen LogP contribution in [-0.4, -0.2) is 9.97 Å². The maximum Gasteiger partial charge on any atom is 1.00 e. The molecule has 0 aliphatic rings. The molecule has 1 aromatic rings. The van der Waals surface area contributed by atoms with Crippen LogP contribution in [0.2, 0.25) is 0 Å². The van der Waals surface area contributed by atoms with Crippen LogP contribution in [-0.2, 0) is 14.4 Å². The van der Waals surface area contributed by atoms with Crippen LogP contribution < -0.4 is 18.9 Å². The normalized spacial score (nSPS) is 14.1. The van der Waals surface area contributed by atoms with E-state index in [4.69, 9.17) is 0 Å². The quantitative estimate of drug-likeness (QED) is 0.711. The van der Waals surface area contributed by atoms with E-state index in [1.54, 1.807) is 13.0 Å². The van der Waals surface area contributed by atoms with E-state index in [2.05, 4.69) is 8.75 Å². The zero-order chi connectivity index (χ0) is 11.5. The van der Waals surface area contributed by atoms with Gasteiger partial charge in [0.25, 0.3) is 10.0 Å². The van der Waals surface area contributed by atoms with Crippen molar-refractivity contribution >= 4 is 15.7 Å². The molecule has 0 fully saturated rings. The van der Waals surface area contributed by atoms with Crippen molar-refractivity contribution in [1.29, 1.82) is 0 Å². The Morgan fingerprint density at radius 1 is 1.44 bits per heavy atom. The molecular formula is C8H8F3LiNO2S+. The van der Waals surface area contributed by atoms with Crippen LogP contribution in [0.25, 0.3) is 0 Å². The summed E-state index contributed by atoms with van der Waals surface area (Å²) in [5, 5.41) is 0. The van der Waals surface area contributed by atoms with Gasteiger partial charge in [0.1, 0.15) is 0 Å². The van der Waals surface area contributed by atoms with Crippen LogP contribution in [0, 0.1) is 6.92 Å². The molecule has 0 amide bonds. The van der Waals surface area contributed by atoms with E-state index < -0.39 is 15.8 Å². The molecule has 1 unspecified atom stereocenters. The smallest absolute Gasteiger partial charge is 0.212 e. The van der Waals surface area contributed by atoms with Crippen LogP contribution >= 0.6 is 0 Å². The van der Waals surface area contributed by atoms with Crippen LogP contribution in [0.1, 0.15) is 5.56 Å². The Morgan fingerprint density at radius 3 is 2.50 bits per heavy atom. The van der Waals surface area contributed by atoms with Crippen molar-refractivity contribution in [1.82, 2.24) is 0 Å². The average molecular weight is 246 g/mol. The van der Waals surface area contributed by atoms with Crippen molar-refractivity contribution in [2.75, 3.05) is 0 Å². The van der Waals surface area contributed by atoms with Gasteiger partial charge in [-0.15, -0.1) is 0 Å². The van der Waals surface area contributed by atoms with Crippen LogP contribution in [0.5, 0.6) is 0 Å². The number of rotatable bonds is 3. The van der Waals surface area contributed by atoms with Gasteiger partial charge < -0.3 is 0 Å². The number of hydrogen-bond acceptors (Lipinski definition) is 3. The predicted molar refractivity (Wildman–Crippen MR) is 49.6 cm³/mol. The first kappa shape index (κ1) is 15.5. The van der Waals surface area contributed by atoms with Gasteiger partial charge >= 0.3 is 24.6 Å². The summed E-state index contributed by atoms with van der Waals surface area (Å²) in [6.45, 7) is 1.69. The maximum atomic E-state index is 12.1. The predicted octanol–water partition coefficient (Wildman–Crippen LogP) is 0.137. The van der Waals surface area contributed by atoms with Gasteiger partial charge in [-0.2, -0.15) is 13.1 Å². The number of halogens is 3. The van der Waals surface area contributed by atoms with Gasteiger partial charge in [-0.3, -0.25) is 0 Å². The van der Waals surface area contributed by atoms with Crippen molar-refractivity contribution in [3.05, 3.63) is 29.8 Å². The van der Waals surface area contributed by atoms with Gasteiger partial charge in [-0.1, -0.05) is 16.5 Å². The molecule has 3 nitrogen and oxygen atoms in total. The summed E-state index contributed by atoms with van der Waals surface area (Å²) in [6, 6.07) is 5.94. The Labute approximate surface area is 103 Å². The minimum absolute atomic E-state index is 0. The Balaban J connectivity index is 0.00000225. The van der Waals surface area contributed by atoms with Gasteiger partial charge in [0.2, 0.25) is 0 Å². The largest absolute Gasteiger partial charge is 1.00 e. The van der Waals surface area contributed by atoms with E-state index in [1.807, 2.05) is 0 Å². The average Bonchev–Trinajstić information content (AvgIpc) is 2.17. The molecule has 0 aliphatic heterocycles. The van der Waals surface area contributed by atoms with Crippen molar-refractivity contribution in [2.24, 2.45) is 4.36 Å². The van der Waals surface area contributed by atoms with Gasteiger partial charge in [0.15, 0.2) is 0 Å². The summed E-state index contributed by atoms with van der Waals surface area (Å²) in [7, 11) is -4.59. The first-order valence-electron chi connectivity index (χ1n) is 3.89. The van der Waals surface area contributed by atoms with Crippen LogP contribution in [0.3, 0.4) is 0 Å². The summed E-state index contributed by atoms with van der Waals surface area (Å²) in [4.78, 5) is 0. The molecule has 0 saturated heterocycles. The van der Waals surface area contributed by atoms with E-state index >= 15 is 0 Å². The second kappa shape index (κ2) is 6.30. The number of nitrogens with zero attached hydrogens (tertiary/aromatic N) is 1. The van der Waals surface area contributed by atoms with E-state index in [1.165, 1.54) is 18.2 Å². The van der Waals surface area contributed by atoms with Crippen molar-refractivity contribution in [3.8, 4) is 0 Å². The molecule has 84 valence electrons. The third-order valence-electron chi connectivity index (χ3n) is 1.55. The zero-order valence-corrected chi connectivity index (χ0v) is 9.51. The number of aryl methyl sites for hydroxylation is 1. The molecular weight excluding hydrogens is 238 g/mol. The fourth-order valence-corrected chi connectivity index (χ4v) is 1.48. The van der Waals surface area contributed by atoms with E-state index in [0.717, 1.165) is 5.56 Å². The molecule has 0 heterocycles. The van der Waals surface area contributed by atoms with Crippen molar-refractivity contribution in [2.45, 2.75) is 12.7 Å². The Bertz CT molecular complexity index is 460. The SMILES string of the molecule is Cc1cccc(N=S(=O)(OF)C(F)F)c1.[Li+]. The molecule has 1 atom stereocenters. The molecule has 16 heavy (non-hydrogen) atoms. The Hall–Kier alpha value is -0.483. The minimum atomic E-state index is -4.59. The summed E-state index contributed by atoms with van der Waals surface area (Å²) < 4.78 is 52.8. The molecule has 0 aromatic heterocycles. The minimum Gasteiger partial charge on any atom is -0.212 e. The second-order valence-electron chi connectivity index (χ2n) is 2.77. The van der Waals surface area contributed by atoms with Gasteiger partial charge in [0.05, 0.1) is 5.69 Å². The van der Waals surface area contributed by atoms with Gasteiger partial charge in [0, 0.05) is 0 Å². The number of hydrogen-bond donors (Lipinski definition) is 0. The summed E-state index contributed by atoms with van der Waals surface area (Å²) in [5.41, 5.74) is 0.712. The first-order chi connectivity index (χ1) is 6.98. The molecule has 8 heteroatoms. The molecule has 0 spiro atoms. The third kappa shape index (κ3) is 3.83. The van der Waals surface area contributed by atoms with E-state index in [9.17, 15) is 17.5 Å². The second-order valence-corrected chi connectivity index (χ2v) is 4.46. The summed E-state index contributed by atoms with van der Waals surface area (Å²) in [6.07, 6.45) is 0. The standard InChI is InChI=1S/C8H8F3NO2S.Li/c1-6-3-2-4-7(5-6)12-15(13,14-11)8(9)10;/h2-5,8H,1H3;/q;+1. The molecule has 0 radical (unpaired) electrons. The third-order valence-corrected chi connectivity index (χ3v) is 2.65. The molecule has 0 bridgehead atoms. The number of benzene rings is 1. The van der Waals surface area contributed by atoms with E-state index in [-0.39, 0.29) is 24.5 Å². The molecule has 1 rings (SSSR count). The topological polar surface area (TPSA) is 38.7 Å².